The van der Waals surface area contributed by atoms with Crippen molar-refractivity contribution in [2.75, 3.05) is 13.2 Å². The molecule has 2 atom stereocenters. The molecular weight excluding hydrogens is 402 g/mol. The molecule has 2 aliphatic heterocycles. The molecule has 2 aromatic carbocycles. The van der Waals surface area contributed by atoms with Gasteiger partial charge >= 0.3 is 0 Å². The number of hydrogen-bond donors (Lipinski definition) is 0. The number of hydrogen-bond acceptors (Lipinski definition) is 2. The molecule has 33 heavy (non-hydrogen) atoms. The predicted molar refractivity (Wildman–Crippen MR) is 139 cm³/mol. The third kappa shape index (κ3) is 4.68. The van der Waals surface area contributed by atoms with Crippen molar-refractivity contribution in [3.05, 3.63) is 94.2 Å². The van der Waals surface area contributed by atoms with Gasteiger partial charge in [0.05, 0.1) is 5.71 Å². The van der Waals surface area contributed by atoms with Crippen LogP contribution in [0.25, 0.3) is 11.1 Å². The lowest BCUT2D eigenvalue weighted by Crippen LogP contribution is -2.32. The second-order valence-electron chi connectivity index (χ2n) is 9.84. The van der Waals surface area contributed by atoms with E-state index >= 15 is 0 Å². The monoisotopic (exact) mass is 437 g/mol. The molecule has 3 aliphatic rings. The highest BCUT2D eigenvalue weighted by Crippen LogP contribution is 2.34. The lowest BCUT2D eigenvalue weighted by atomic mass is 9.81. The summed E-state index contributed by atoms with van der Waals surface area (Å²) in [6, 6.07) is 13.9. The molecule has 0 aromatic heterocycles. The average Bonchev–Trinajstić information content (AvgIpc) is 3.28. The topological polar surface area (TPSA) is 21.6 Å². The van der Waals surface area contributed by atoms with E-state index in [1.165, 1.54) is 50.4 Å². The van der Waals surface area contributed by atoms with Gasteiger partial charge < -0.3 is 4.74 Å². The van der Waals surface area contributed by atoms with Crippen LogP contribution in [0.5, 0.6) is 0 Å². The Bertz CT molecular complexity index is 1160. The lowest BCUT2D eigenvalue weighted by Gasteiger charge is -2.31. The van der Waals surface area contributed by atoms with Gasteiger partial charge in [0, 0.05) is 31.2 Å². The Morgan fingerprint density at radius 1 is 1.06 bits per heavy atom. The molecule has 5 rings (SSSR count). The molecule has 0 saturated carbocycles. The highest BCUT2D eigenvalue weighted by atomic mass is 16.5. The number of aliphatic imine (C=N–C) groups is 1. The number of fused-ring (bicyclic) bond motifs is 1. The number of allylic oxidation sites excluding steroid dienone is 5. The van der Waals surface area contributed by atoms with Gasteiger partial charge in [-0.25, -0.2) is 0 Å². The lowest BCUT2D eigenvalue weighted by molar-refractivity contribution is 0.0441. The second-order valence-corrected chi connectivity index (χ2v) is 9.84. The van der Waals surface area contributed by atoms with Gasteiger partial charge in [-0.3, -0.25) is 4.99 Å². The molecule has 0 N–H and O–H groups in total. The molecule has 1 fully saturated rings. The van der Waals surface area contributed by atoms with Crippen molar-refractivity contribution < 1.29 is 4.74 Å². The van der Waals surface area contributed by atoms with Gasteiger partial charge in [-0.15, -0.1) is 0 Å². The minimum absolute atomic E-state index is 0.451. The molecule has 2 aromatic rings. The Balaban J connectivity index is 1.54. The fourth-order valence-corrected chi connectivity index (χ4v) is 5.45. The molecule has 1 saturated heterocycles. The second kappa shape index (κ2) is 9.65. The Morgan fingerprint density at radius 3 is 2.70 bits per heavy atom. The molecular formula is C31H35NO. The molecule has 0 bridgehead atoms. The first-order valence-corrected chi connectivity index (χ1v) is 12.6. The maximum absolute atomic E-state index is 5.78. The predicted octanol–water partition coefficient (Wildman–Crippen LogP) is 7.40. The molecule has 2 nitrogen and oxygen atoms in total. The maximum Gasteiger partial charge on any atom is 0.0517 e. The SMILES string of the molecule is CCc1cc(-c2ccc3c(c2)CC=C(CC2=CC=CC2)N=C3C2CCOC[C@@H]2C)ccc1C. The molecule has 0 radical (unpaired) electrons. The number of ether oxygens (including phenoxy) is 1. The number of rotatable bonds is 5. The van der Waals surface area contributed by atoms with Crippen molar-refractivity contribution in [2.45, 2.75) is 52.9 Å². The third-order valence-corrected chi connectivity index (χ3v) is 7.51. The van der Waals surface area contributed by atoms with Crippen LogP contribution < -0.4 is 0 Å². The van der Waals surface area contributed by atoms with Gasteiger partial charge in [0.15, 0.2) is 0 Å². The van der Waals surface area contributed by atoms with Gasteiger partial charge in [-0.05, 0) is 71.9 Å². The molecule has 1 unspecified atom stereocenters. The van der Waals surface area contributed by atoms with Crippen molar-refractivity contribution >= 4 is 5.71 Å². The van der Waals surface area contributed by atoms with E-state index in [2.05, 4.69) is 81.5 Å². The summed E-state index contributed by atoms with van der Waals surface area (Å²) in [6.07, 6.45) is 14.1. The van der Waals surface area contributed by atoms with Crippen molar-refractivity contribution in [3.63, 3.8) is 0 Å². The van der Waals surface area contributed by atoms with Crippen LogP contribution in [0.2, 0.25) is 0 Å². The highest BCUT2D eigenvalue weighted by Gasteiger charge is 2.30. The van der Waals surface area contributed by atoms with Crippen molar-refractivity contribution in [3.8, 4) is 11.1 Å². The van der Waals surface area contributed by atoms with Crippen LogP contribution in [0.15, 0.2) is 77.0 Å². The van der Waals surface area contributed by atoms with Crippen LogP contribution in [0, 0.1) is 18.8 Å². The van der Waals surface area contributed by atoms with E-state index in [0.717, 1.165) is 45.3 Å². The fourth-order valence-electron chi connectivity index (χ4n) is 5.45. The molecule has 0 amide bonds. The maximum atomic E-state index is 5.78. The first kappa shape index (κ1) is 22.1. The van der Waals surface area contributed by atoms with Crippen LogP contribution in [-0.2, 0) is 17.6 Å². The first-order valence-electron chi connectivity index (χ1n) is 12.6. The quantitative estimate of drug-likeness (QED) is 0.477. The van der Waals surface area contributed by atoms with E-state index < -0.39 is 0 Å². The zero-order valence-electron chi connectivity index (χ0n) is 20.2. The summed E-state index contributed by atoms with van der Waals surface area (Å²) in [5.74, 6) is 0.938. The Labute approximate surface area is 198 Å². The summed E-state index contributed by atoms with van der Waals surface area (Å²) in [7, 11) is 0. The summed E-state index contributed by atoms with van der Waals surface area (Å²) in [4.78, 5) is 5.35. The van der Waals surface area contributed by atoms with E-state index in [4.69, 9.17) is 9.73 Å². The summed E-state index contributed by atoms with van der Waals surface area (Å²) < 4.78 is 5.78. The Hall–Kier alpha value is -2.71. The molecule has 0 spiro atoms. The average molecular weight is 438 g/mol. The minimum Gasteiger partial charge on any atom is -0.381 e. The van der Waals surface area contributed by atoms with Gasteiger partial charge in [0.25, 0.3) is 0 Å². The normalized spacial score (nSPS) is 22.3. The Kier molecular flexibility index (Phi) is 6.46. The van der Waals surface area contributed by atoms with Gasteiger partial charge in [0.1, 0.15) is 0 Å². The summed E-state index contributed by atoms with van der Waals surface area (Å²) >= 11 is 0. The molecule has 170 valence electrons. The van der Waals surface area contributed by atoms with E-state index in [1.807, 2.05) is 0 Å². The summed E-state index contributed by atoms with van der Waals surface area (Å²) in [6.45, 7) is 8.42. The van der Waals surface area contributed by atoms with E-state index in [0.29, 0.717) is 11.8 Å². The van der Waals surface area contributed by atoms with Crippen LogP contribution in [0.3, 0.4) is 0 Å². The van der Waals surface area contributed by atoms with Crippen LogP contribution >= 0.6 is 0 Å². The molecule has 1 aliphatic carbocycles. The van der Waals surface area contributed by atoms with Gasteiger partial charge in [0.2, 0.25) is 0 Å². The molecule has 2 heterocycles. The van der Waals surface area contributed by atoms with Crippen LogP contribution in [0.1, 0.15) is 55.4 Å². The number of nitrogens with zero attached hydrogens (tertiary/aromatic N) is 1. The van der Waals surface area contributed by atoms with E-state index in [9.17, 15) is 0 Å². The largest absolute Gasteiger partial charge is 0.381 e. The van der Waals surface area contributed by atoms with E-state index in [1.54, 1.807) is 0 Å². The fraction of sp³-hybridized carbons (Fsp3) is 0.387. The molecule has 2 heteroatoms. The number of benzene rings is 2. The summed E-state index contributed by atoms with van der Waals surface area (Å²) in [5.41, 5.74) is 12.1. The highest BCUT2D eigenvalue weighted by molar-refractivity contribution is 6.05. The smallest absolute Gasteiger partial charge is 0.0517 e. The standard InChI is InChI=1S/C31H35NO/c1-4-24-18-25(10-9-21(24)2)26-12-14-30-27(19-26)11-13-28(17-23-7-5-6-8-23)32-31(30)29-15-16-33-20-22(29)3/h5-7,9-10,12-14,18-19,22,29H,4,8,11,15-17,20H2,1-3H3/t22-,29?/m0/s1. The van der Waals surface area contributed by atoms with Gasteiger partial charge in [-0.2, -0.15) is 0 Å². The van der Waals surface area contributed by atoms with E-state index in [-0.39, 0.29) is 0 Å². The van der Waals surface area contributed by atoms with Crippen LogP contribution in [0.4, 0.5) is 0 Å². The van der Waals surface area contributed by atoms with Crippen LogP contribution in [-0.4, -0.2) is 18.9 Å². The first-order chi connectivity index (χ1) is 16.1. The van der Waals surface area contributed by atoms with Crippen molar-refractivity contribution in [2.24, 2.45) is 16.8 Å². The minimum atomic E-state index is 0.451. The Morgan fingerprint density at radius 2 is 1.91 bits per heavy atom. The third-order valence-electron chi connectivity index (χ3n) is 7.51. The zero-order valence-corrected chi connectivity index (χ0v) is 20.2. The number of aryl methyl sites for hydroxylation is 2. The van der Waals surface area contributed by atoms with Crippen molar-refractivity contribution in [1.29, 1.82) is 0 Å². The summed E-state index contributed by atoms with van der Waals surface area (Å²) in [5, 5.41) is 0. The van der Waals surface area contributed by atoms with Crippen molar-refractivity contribution in [1.82, 2.24) is 0 Å². The van der Waals surface area contributed by atoms with Gasteiger partial charge in [-0.1, -0.05) is 80.1 Å². The zero-order chi connectivity index (χ0) is 22.8.